The van der Waals surface area contributed by atoms with Gasteiger partial charge in [-0.1, -0.05) is 0 Å². The molecule has 2 rings (SSSR count). The minimum atomic E-state index is -0.979. The highest BCUT2D eigenvalue weighted by Crippen LogP contribution is 2.13. The van der Waals surface area contributed by atoms with Gasteiger partial charge in [0.15, 0.2) is 6.61 Å². The van der Waals surface area contributed by atoms with E-state index in [4.69, 9.17) is 9.84 Å². The Hall–Kier alpha value is -1.75. The summed E-state index contributed by atoms with van der Waals surface area (Å²) in [4.78, 5) is 14.7. The molecule has 0 saturated carbocycles. The van der Waals surface area contributed by atoms with Gasteiger partial charge in [0.1, 0.15) is 11.6 Å². The van der Waals surface area contributed by atoms with Crippen LogP contribution in [0.1, 0.15) is 12.0 Å². The predicted molar refractivity (Wildman–Crippen MR) is 70.8 cm³/mol. The van der Waals surface area contributed by atoms with Crippen molar-refractivity contribution in [3.8, 4) is 5.75 Å². The van der Waals surface area contributed by atoms with E-state index in [0.29, 0.717) is 5.75 Å². The summed E-state index contributed by atoms with van der Waals surface area (Å²) in [6, 6.07) is 7.23. The second-order valence-electron chi connectivity index (χ2n) is 3.72. The number of ether oxygens (including phenoxy) is 1. The van der Waals surface area contributed by atoms with Crippen molar-refractivity contribution in [2.45, 2.75) is 6.42 Å². The van der Waals surface area contributed by atoms with Crippen LogP contribution in [0.3, 0.4) is 0 Å². The number of aliphatic carboxylic acids is 1. The molecule has 18 heavy (non-hydrogen) atoms. The molecule has 5 nitrogen and oxygen atoms in total. The Labute approximate surface area is 111 Å². The van der Waals surface area contributed by atoms with E-state index in [1.54, 1.807) is 12.1 Å². The number of rotatable bonds is 4. The van der Waals surface area contributed by atoms with Crippen LogP contribution < -0.4 is 10.1 Å². The number of nitrogens with one attached hydrogen (secondary N) is 1. The molecule has 0 aromatic heterocycles. The molecule has 1 aliphatic rings. The number of carboxylic acid groups (broad SMARTS) is 1. The molecule has 1 aromatic carbocycles. The molecule has 0 spiro atoms. The van der Waals surface area contributed by atoms with Gasteiger partial charge in [-0.3, -0.25) is 4.99 Å². The van der Waals surface area contributed by atoms with Gasteiger partial charge in [0, 0.05) is 18.7 Å². The molecule has 0 aliphatic carbocycles. The van der Waals surface area contributed by atoms with E-state index in [9.17, 15) is 4.79 Å². The summed E-state index contributed by atoms with van der Waals surface area (Å²) in [5.41, 5.74) is 0.993. The molecule has 6 heteroatoms. The van der Waals surface area contributed by atoms with Crippen LogP contribution in [0.5, 0.6) is 5.75 Å². The van der Waals surface area contributed by atoms with Crippen LogP contribution in [0.2, 0.25) is 0 Å². The molecule has 1 heterocycles. The number of hydrogen-bond donors (Lipinski definition) is 2. The van der Waals surface area contributed by atoms with Crippen molar-refractivity contribution in [3.05, 3.63) is 29.8 Å². The largest absolute Gasteiger partial charge is 0.482 e. The standard InChI is InChI=1S/C12H14N2O3.ClH/c15-11(16)8-17-10-4-2-9(3-5-10)12-13-6-1-7-14-12;/h2-5H,1,6-8H2,(H,13,14)(H,15,16);1H. The van der Waals surface area contributed by atoms with Crippen LogP contribution in [-0.2, 0) is 4.79 Å². The Morgan fingerprint density at radius 3 is 2.67 bits per heavy atom. The molecule has 98 valence electrons. The summed E-state index contributed by atoms with van der Waals surface area (Å²) < 4.78 is 5.05. The molecule has 0 unspecified atom stereocenters. The highest BCUT2D eigenvalue weighted by molar-refractivity contribution is 5.99. The normalized spacial score (nSPS) is 13.9. The van der Waals surface area contributed by atoms with Gasteiger partial charge in [-0.05, 0) is 30.7 Å². The van der Waals surface area contributed by atoms with Crippen molar-refractivity contribution < 1.29 is 14.6 Å². The average Bonchev–Trinajstić information content (AvgIpc) is 2.38. The zero-order valence-electron chi connectivity index (χ0n) is 9.76. The maximum absolute atomic E-state index is 10.3. The first-order valence-electron chi connectivity index (χ1n) is 5.49. The molecule has 1 aliphatic heterocycles. The topological polar surface area (TPSA) is 70.9 Å². The van der Waals surface area contributed by atoms with Gasteiger partial charge in [-0.15, -0.1) is 12.4 Å². The van der Waals surface area contributed by atoms with Gasteiger partial charge >= 0.3 is 5.97 Å². The van der Waals surface area contributed by atoms with Gasteiger partial charge in [-0.2, -0.15) is 0 Å². The van der Waals surface area contributed by atoms with Crippen molar-refractivity contribution in [3.63, 3.8) is 0 Å². The molecule has 0 bridgehead atoms. The van der Waals surface area contributed by atoms with Gasteiger partial charge in [0.25, 0.3) is 0 Å². The minimum absolute atomic E-state index is 0. The van der Waals surface area contributed by atoms with Gasteiger partial charge in [-0.25, -0.2) is 4.79 Å². The van der Waals surface area contributed by atoms with Gasteiger partial charge in [0.05, 0.1) is 0 Å². The lowest BCUT2D eigenvalue weighted by Crippen LogP contribution is -2.30. The monoisotopic (exact) mass is 270 g/mol. The maximum atomic E-state index is 10.3. The fraction of sp³-hybridized carbons (Fsp3) is 0.333. The lowest BCUT2D eigenvalue weighted by molar-refractivity contribution is -0.139. The summed E-state index contributed by atoms with van der Waals surface area (Å²) in [7, 11) is 0. The molecule has 0 amide bonds. The zero-order chi connectivity index (χ0) is 12.1. The Morgan fingerprint density at radius 1 is 1.39 bits per heavy atom. The molecule has 2 N–H and O–H groups in total. The molecule has 0 radical (unpaired) electrons. The maximum Gasteiger partial charge on any atom is 0.341 e. The Kier molecular flexibility index (Phi) is 5.45. The van der Waals surface area contributed by atoms with E-state index in [0.717, 1.165) is 30.9 Å². The summed E-state index contributed by atoms with van der Waals surface area (Å²) in [6.07, 6.45) is 1.06. The number of carbonyl (C=O) groups is 1. The van der Waals surface area contributed by atoms with E-state index in [1.807, 2.05) is 12.1 Å². The second kappa shape index (κ2) is 6.86. The van der Waals surface area contributed by atoms with Gasteiger partial charge < -0.3 is 15.2 Å². The van der Waals surface area contributed by atoms with E-state index in [1.165, 1.54) is 0 Å². The average molecular weight is 271 g/mol. The molecular formula is C12H15ClN2O3. The number of carboxylic acids is 1. The first-order valence-corrected chi connectivity index (χ1v) is 5.49. The fourth-order valence-electron chi connectivity index (χ4n) is 1.58. The van der Waals surface area contributed by atoms with Crippen LogP contribution in [0, 0.1) is 0 Å². The fourth-order valence-corrected chi connectivity index (χ4v) is 1.58. The predicted octanol–water partition coefficient (Wildman–Crippen LogP) is 1.31. The van der Waals surface area contributed by atoms with Crippen molar-refractivity contribution in [1.29, 1.82) is 0 Å². The van der Waals surface area contributed by atoms with Crippen LogP contribution in [0.4, 0.5) is 0 Å². The number of halogens is 1. The van der Waals surface area contributed by atoms with Gasteiger partial charge in [0.2, 0.25) is 0 Å². The van der Waals surface area contributed by atoms with Crippen LogP contribution in [0.15, 0.2) is 29.3 Å². The molecular weight excluding hydrogens is 256 g/mol. The highest BCUT2D eigenvalue weighted by Gasteiger charge is 2.07. The Bertz CT molecular complexity index is 431. The lowest BCUT2D eigenvalue weighted by Gasteiger charge is -2.14. The first-order chi connectivity index (χ1) is 8.25. The summed E-state index contributed by atoms with van der Waals surface area (Å²) in [5.74, 6) is 0.459. The van der Waals surface area contributed by atoms with E-state index >= 15 is 0 Å². The van der Waals surface area contributed by atoms with Crippen molar-refractivity contribution in [2.24, 2.45) is 4.99 Å². The van der Waals surface area contributed by atoms with Crippen LogP contribution in [-0.4, -0.2) is 36.6 Å². The molecule has 0 saturated heterocycles. The zero-order valence-corrected chi connectivity index (χ0v) is 10.6. The van der Waals surface area contributed by atoms with E-state index in [2.05, 4.69) is 10.3 Å². The number of amidine groups is 1. The van der Waals surface area contributed by atoms with Crippen molar-refractivity contribution in [2.75, 3.05) is 19.7 Å². The lowest BCUT2D eigenvalue weighted by atomic mass is 10.2. The number of nitrogens with zero attached hydrogens (tertiary/aromatic N) is 1. The highest BCUT2D eigenvalue weighted by atomic mass is 35.5. The molecule has 0 atom stereocenters. The summed E-state index contributed by atoms with van der Waals surface area (Å²) in [6.45, 7) is 1.47. The number of aliphatic imine (C=N–C) groups is 1. The Morgan fingerprint density at radius 2 is 2.11 bits per heavy atom. The third kappa shape index (κ3) is 3.92. The van der Waals surface area contributed by atoms with Crippen LogP contribution >= 0.6 is 12.4 Å². The third-order valence-corrected chi connectivity index (χ3v) is 2.39. The van der Waals surface area contributed by atoms with Crippen molar-refractivity contribution >= 4 is 24.2 Å². The number of benzene rings is 1. The van der Waals surface area contributed by atoms with Crippen molar-refractivity contribution in [1.82, 2.24) is 5.32 Å². The SMILES string of the molecule is Cl.O=C(O)COc1ccc(C2=NCCCN2)cc1. The molecule has 0 fully saturated rings. The van der Waals surface area contributed by atoms with E-state index < -0.39 is 5.97 Å². The Balaban J connectivity index is 0.00000162. The first kappa shape index (κ1) is 14.3. The third-order valence-electron chi connectivity index (χ3n) is 2.39. The number of hydrogen-bond acceptors (Lipinski definition) is 4. The quantitative estimate of drug-likeness (QED) is 0.865. The van der Waals surface area contributed by atoms with E-state index in [-0.39, 0.29) is 19.0 Å². The minimum Gasteiger partial charge on any atom is -0.482 e. The molecule has 1 aromatic rings. The smallest absolute Gasteiger partial charge is 0.341 e. The summed E-state index contributed by atoms with van der Waals surface area (Å²) in [5, 5.41) is 11.7. The summed E-state index contributed by atoms with van der Waals surface area (Å²) >= 11 is 0. The van der Waals surface area contributed by atoms with Crippen LogP contribution in [0.25, 0.3) is 0 Å². The second-order valence-corrected chi connectivity index (χ2v) is 3.72.